The molecule has 6 nitrogen and oxygen atoms in total. The number of nitrogens with zero attached hydrogens (tertiary/aromatic N) is 1. The number of aliphatic hydroxyl groups is 1. The molecular formula is C4H7NO5S. The summed E-state index contributed by atoms with van der Waals surface area (Å²) in [5, 5.41) is 19.0. The quantitative estimate of drug-likeness (QED) is 0.389. The molecule has 1 aliphatic rings. The van der Waals surface area contributed by atoms with E-state index in [1.807, 2.05) is 0 Å². The minimum Gasteiger partial charge on any atom is -0.385 e. The van der Waals surface area contributed by atoms with Crippen LogP contribution in [0, 0.1) is 10.1 Å². The maximum absolute atomic E-state index is 10.7. The van der Waals surface area contributed by atoms with Crippen LogP contribution in [-0.2, 0) is 9.84 Å². The molecule has 1 heterocycles. The Balaban J connectivity index is 2.83. The number of sulfone groups is 1. The van der Waals surface area contributed by atoms with Gasteiger partial charge in [-0.05, 0) is 0 Å². The average molecular weight is 181 g/mol. The van der Waals surface area contributed by atoms with Gasteiger partial charge in [0.25, 0.3) is 6.04 Å². The van der Waals surface area contributed by atoms with Gasteiger partial charge in [-0.25, -0.2) is 8.42 Å². The maximum atomic E-state index is 10.7. The van der Waals surface area contributed by atoms with Crippen molar-refractivity contribution in [2.75, 3.05) is 11.5 Å². The molecule has 0 bridgehead atoms. The van der Waals surface area contributed by atoms with Crippen LogP contribution in [0.25, 0.3) is 0 Å². The van der Waals surface area contributed by atoms with E-state index in [0.29, 0.717) is 0 Å². The maximum Gasteiger partial charge on any atom is 0.253 e. The van der Waals surface area contributed by atoms with E-state index in [9.17, 15) is 18.5 Å². The number of rotatable bonds is 1. The van der Waals surface area contributed by atoms with Crippen LogP contribution in [0.5, 0.6) is 0 Å². The van der Waals surface area contributed by atoms with Crippen molar-refractivity contribution >= 4 is 9.84 Å². The van der Waals surface area contributed by atoms with Crippen LogP contribution < -0.4 is 0 Å². The van der Waals surface area contributed by atoms with Gasteiger partial charge < -0.3 is 5.11 Å². The highest BCUT2D eigenvalue weighted by Crippen LogP contribution is 2.14. The molecule has 2 atom stereocenters. The lowest BCUT2D eigenvalue weighted by Gasteiger charge is -2.01. The van der Waals surface area contributed by atoms with Crippen LogP contribution in [0.4, 0.5) is 0 Å². The number of aliphatic hydroxyl groups excluding tert-OH is 1. The molecule has 0 unspecified atom stereocenters. The summed E-state index contributed by atoms with van der Waals surface area (Å²) in [5.74, 6) is -1.03. The Morgan fingerprint density at radius 2 is 2.00 bits per heavy atom. The van der Waals surface area contributed by atoms with Gasteiger partial charge in [-0.2, -0.15) is 0 Å². The molecule has 0 aliphatic carbocycles. The molecule has 0 saturated carbocycles. The Bertz CT molecular complexity index is 270. The smallest absolute Gasteiger partial charge is 0.253 e. The molecule has 0 aromatic rings. The van der Waals surface area contributed by atoms with Crippen LogP contribution in [0.1, 0.15) is 0 Å². The van der Waals surface area contributed by atoms with E-state index in [1.54, 1.807) is 0 Å². The van der Waals surface area contributed by atoms with Gasteiger partial charge in [0.15, 0.2) is 9.84 Å². The van der Waals surface area contributed by atoms with Crippen molar-refractivity contribution < 1.29 is 18.4 Å². The Morgan fingerprint density at radius 3 is 2.18 bits per heavy atom. The van der Waals surface area contributed by atoms with Gasteiger partial charge in [0, 0.05) is 4.92 Å². The Kier molecular flexibility index (Phi) is 1.85. The third kappa shape index (κ3) is 1.66. The van der Waals surface area contributed by atoms with E-state index in [-0.39, 0.29) is 0 Å². The number of nitro groups is 1. The lowest BCUT2D eigenvalue weighted by Crippen LogP contribution is -2.31. The van der Waals surface area contributed by atoms with E-state index in [4.69, 9.17) is 5.11 Å². The largest absolute Gasteiger partial charge is 0.385 e. The first kappa shape index (κ1) is 8.41. The van der Waals surface area contributed by atoms with Crippen molar-refractivity contribution in [3.8, 4) is 0 Å². The minimum absolute atomic E-state index is 0.487. The second-order valence-electron chi connectivity index (χ2n) is 2.50. The van der Waals surface area contributed by atoms with Crippen LogP contribution in [0.2, 0.25) is 0 Å². The predicted octanol–water partition coefficient (Wildman–Crippen LogP) is -1.58. The first-order chi connectivity index (χ1) is 4.92. The lowest BCUT2D eigenvalue weighted by atomic mass is 10.2. The monoisotopic (exact) mass is 181 g/mol. The third-order valence-electron chi connectivity index (χ3n) is 1.56. The van der Waals surface area contributed by atoms with Crippen LogP contribution in [0.15, 0.2) is 0 Å². The fourth-order valence-electron chi connectivity index (χ4n) is 1.01. The minimum atomic E-state index is -3.38. The SMILES string of the molecule is O=[N+]([O-])[C@@H]1CS(=O)(=O)C[C@H]1O. The fraction of sp³-hybridized carbons (Fsp3) is 1.00. The Hall–Kier alpha value is -0.690. The van der Waals surface area contributed by atoms with E-state index in [0.717, 1.165) is 0 Å². The summed E-state index contributed by atoms with van der Waals surface area (Å²) >= 11 is 0. The fourth-order valence-corrected chi connectivity index (χ4v) is 2.75. The standard InChI is InChI=1S/C4H7NO5S/c6-4-2-11(9,10)1-3(4)5(7)8/h3-4,6H,1-2H2/t3-,4-/m1/s1. The molecule has 0 aromatic heterocycles. The van der Waals surface area contributed by atoms with E-state index >= 15 is 0 Å². The summed E-state index contributed by atoms with van der Waals surface area (Å²) in [6, 6.07) is -1.33. The second kappa shape index (κ2) is 2.42. The highest BCUT2D eigenvalue weighted by molar-refractivity contribution is 7.91. The number of hydrogen-bond donors (Lipinski definition) is 1. The topological polar surface area (TPSA) is 97.5 Å². The van der Waals surface area contributed by atoms with Crippen molar-refractivity contribution in [3.63, 3.8) is 0 Å². The summed E-state index contributed by atoms with van der Waals surface area (Å²) in [6.45, 7) is 0. The summed E-state index contributed by atoms with van der Waals surface area (Å²) in [5.41, 5.74) is 0. The van der Waals surface area contributed by atoms with Gasteiger partial charge >= 0.3 is 0 Å². The van der Waals surface area contributed by atoms with E-state index in [1.165, 1.54) is 0 Å². The molecule has 1 N–H and O–H groups in total. The van der Waals surface area contributed by atoms with Gasteiger partial charge in [-0.1, -0.05) is 0 Å². The molecule has 0 amide bonds. The summed E-state index contributed by atoms with van der Waals surface area (Å²) in [4.78, 5) is 9.33. The summed E-state index contributed by atoms with van der Waals surface area (Å²) < 4.78 is 21.4. The number of hydrogen-bond acceptors (Lipinski definition) is 5. The van der Waals surface area contributed by atoms with Crippen LogP contribution in [0.3, 0.4) is 0 Å². The first-order valence-electron chi connectivity index (χ1n) is 2.94. The molecule has 1 fully saturated rings. The van der Waals surface area contributed by atoms with Gasteiger partial charge in [0.05, 0.1) is 5.75 Å². The average Bonchev–Trinajstić information content (AvgIpc) is 2.05. The van der Waals surface area contributed by atoms with Gasteiger partial charge in [0.2, 0.25) is 0 Å². The first-order valence-corrected chi connectivity index (χ1v) is 4.76. The molecule has 64 valence electrons. The zero-order chi connectivity index (χ0) is 8.65. The van der Waals surface area contributed by atoms with E-state index in [2.05, 4.69) is 0 Å². The molecule has 0 radical (unpaired) electrons. The van der Waals surface area contributed by atoms with Crippen molar-refractivity contribution in [3.05, 3.63) is 10.1 Å². The Labute approximate surface area is 62.9 Å². The highest BCUT2D eigenvalue weighted by atomic mass is 32.2. The lowest BCUT2D eigenvalue weighted by molar-refractivity contribution is -0.525. The molecular weight excluding hydrogens is 174 g/mol. The molecule has 1 saturated heterocycles. The van der Waals surface area contributed by atoms with Gasteiger partial charge in [-0.3, -0.25) is 10.1 Å². The molecule has 0 spiro atoms. The van der Waals surface area contributed by atoms with Crippen LogP contribution >= 0.6 is 0 Å². The van der Waals surface area contributed by atoms with Crippen molar-refractivity contribution in [2.45, 2.75) is 12.1 Å². The van der Waals surface area contributed by atoms with Gasteiger partial charge in [0.1, 0.15) is 11.9 Å². The Morgan fingerprint density at radius 1 is 1.45 bits per heavy atom. The van der Waals surface area contributed by atoms with Crippen molar-refractivity contribution in [1.29, 1.82) is 0 Å². The van der Waals surface area contributed by atoms with Crippen molar-refractivity contribution in [2.24, 2.45) is 0 Å². The molecule has 7 heteroatoms. The summed E-state index contributed by atoms with van der Waals surface area (Å²) in [7, 11) is -3.38. The summed E-state index contributed by atoms with van der Waals surface area (Å²) in [6.07, 6.45) is -1.34. The molecule has 0 aromatic carbocycles. The van der Waals surface area contributed by atoms with Gasteiger partial charge in [-0.15, -0.1) is 0 Å². The second-order valence-corrected chi connectivity index (χ2v) is 4.65. The third-order valence-corrected chi connectivity index (χ3v) is 3.26. The molecule has 1 aliphatic heterocycles. The normalized spacial score (nSPS) is 35.4. The van der Waals surface area contributed by atoms with Crippen molar-refractivity contribution in [1.82, 2.24) is 0 Å². The molecule has 11 heavy (non-hydrogen) atoms. The predicted molar refractivity (Wildman–Crippen MR) is 35.4 cm³/mol. The van der Waals surface area contributed by atoms with Crippen LogP contribution in [-0.4, -0.2) is 42.1 Å². The highest BCUT2D eigenvalue weighted by Gasteiger charge is 2.44. The zero-order valence-corrected chi connectivity index (χ0v) is 6.32. The molecule has 1 rings (SSSR count). The zero-order valence-electron chi connectivity index (χ0n) is 5.50. The van der Waals surface area contributed by atoms with E-state index < -0.39 is 38.4 Å².